The van der Waals surface area contributed by atoms with Crippen LogP contribution in [0.4, 0.5) is 5.69 Å². The molecule has 1 saturated heterocycles. The van der Waals surface area contributed by atoms with E-state index in [4.69, 9.17) is 0 Å². The summed E-state index contributed by atoms with van der Waals surface area (Å²) in [6.07, 6.45) is 8.03. The minimum Gasteiger partial charge on any atom is -0.352 e. The quantitative estimate of drug-likeness (QED) is 0.399. The number of nitrogens with one attached hydrogen (secondary N) is 1. The van der Waals surface area contributed by atoms with Crippen LogP contribution in [0.1, 0.15) is 61.9 Å². The summed E-state index contributed by atoms with van der Waals surface area (Å²) in [6, 6.07) is 16.2. The lowest BCUT2D eigenvalue weighted by Gasteiger charge is -2.35. The number of likely N-dealkylation sites (tertiary alicyclic amines) is 1. The van der Waals surface area contributed by atoms with E-state index in [1.807, 2.05) is 66.4 Å². The molecule has 1 fully saturated rings. The van der Waals surface area contributed by atoms with Gasteiger partial charge in [-0.15, -0.1) is 0 Å². The van der Waals surface area contributed by atoms with Gasteiger partial charge >= 0.3 is 0 Å². The van der Waals surface area contributed by atoms with Crippen molar-refractivity contribution in [2.24, 2.45) is 0 Å². The summed E-state index contributed by atoms with van der Waals surface area (Å²) in [6.45, 7) is 7.82. The Hall–Kier alpha value is -2.57. The molecule has 6 heteroatoms. The third kappa shape index (κ3) is 5.73. The minimum absolute atomic E-state index is 0.0204. The maximum atomic E-state index is 13.0. The van der Waals surface area contributed by atoms with Crippen LogP contribution >= 0.6 is 11.8 Å². The zero-order valence-corrected chi connectivity index (χ0v) is 21.1. The molecule has 2 amide bonds. The molecule has 0 saturated carbocycles. The molecular weight excluding hydrogens is 442 g/mol. The van der Waals surface area contributed by atoms with Crippen LogP contribution in [0.2, 0.25) is 0 Å². The number of carbonyl (C=O) groups excluding carboxylic acids is 2. The van der Waals surface area contributed by atoms with Gasteiger partial charge in [-0.3, -0.25) is 9.59 Å². The molecule has 0 radical (unpaired) electrons. The minimum atomic E-state index is -0.0425. The standard InChI is InChI=1S/C28H35N3O2S/c1-3-23-10-7-8-18-30(23)19-9-17-29-27(32)22-15-13-21(14-16-22)20-26-28(33)31(4-2)24-11-5-6-12-25(24)34-26/h5-6,11-16,20,23H,3-4,7-10,17-19H2,1-2H3,(H,29,32)/b26-20-. The lowest BCUT2D eigenvalue weighted by atomic mass is 10.00. The number of hydrogen-bond acceptors (Lipinski definition) is 4. The number of amides is 2. The molecule has 180 valence electrons. The Morgan fingerprint density at radius 1 is 1.12 bits per heavy atom. The number of nitrogens with zero attached hydrogens (tertiary/aromatic N) is 2. The topological polar surface area (TPSA) is 52.7 Å². The molecule has 0 aliphatic carbocycles. The van der Waals surface area contributed by atoms with Gasteiger partial charge in [0, 0.05) is 36.1 Å². The zero-order chi connectivity index (χ0) is 23.9. The third-order valence-electron chi connectivity index (χ3n) is 6.75. The highest BCUT2D eigenvalue weighted by Crippen LogP contribution is 2.41. The maximum absolute atomic E-state index is 13.0. The normalized spacial score (nSPS) is 19.8. The fourth-order valence-electron chi connectivity index (χ4n) is 4.86. The van der Waals surface area contributed by atoms with E-state index < -0.39 is 0 Å². The van der Waals surface area contributed by atoms with Gasteiger partial charge in [0.25, 0.3) is 11.8 Å². The molecule has 1 unspecified atom stereocenters. The van der Waals surface area contributed by atoms with Crippen LogP contribution in [-0.2, 0) is 4.79 Å². The van der Waals surface area contributed by atoms with Crippen molar-refractivity contribution in [3.05, 3.63) is 64.6 Å². The highest BCUT2D eigenvalue weighted by molar-refractivity contribution is 8.04. The van der Waals surface area contributed by atoms with Crippen LogP contribution in [0.15, 0.2) is 58.3 Å². The fraction of sp³-hybridized carbons (Fsp3) is 0.429. The third-order valence-corrected chi connectivity index (χ3v) is 7.82. The molecule has 34 heavy (non-hydrogen) atoms. The van der Waals surface area contributed by atoms with E-state index in [0.717, 1.165) is 29.1 Å². The van der Waals surface area contributed by atoms with Gasteiger partial charge in [0.1, 0.15) is 0 Å². The van der Waals surface area contributed by atoms with Gasteiger partial charge in [0.15, 0.2) is 0 Å². The number of likely N-dealkylation sites (N-methyl/N-ethyl adjacent to an activating group) is 1. The summed E-state index contributed by atoms with van der Waals surface area (Å²) in [5, 5.41) is 3.06. The Bertz CT molecular complexity index is 1030. The molecule has 5 nitrogen and oxygen atoms in total. The first kappa shape index (κ1) is 24.6. The number of benzene rings is 2. The second-order valence-electron chi connectivity index (χ2n) is 8.95. The van der Waals surface area contributed by atoms with Gasteiger partial charge in [-0.05, 0) is 75.1 Å². The SMILES string of the molecule is CCC1CCCCN1CCCNC(=O)c1ccc(/C=C2\Sc3ccccc3N(CC)C2=O)cc1. The molecule has 1 N–H and O–H groups in total. The monoisotopic (exact) mass is 477 g/mol. The molecule has 1 atom stereocenters. The number of hydrogen-bond donors (Lipinski definition) is 1. The second-order valence-corrected chi connectivity index (χ2v) is 10.0. The van der Waals surface area contributed by atoms with Crippen molar-refractivity contribution in [2.45, 2.75) is 56.9 Å². The molecule has 4 rings (SSSR count). The Balaban J connectivity index is 1.32. The Morgan fingerprint density at radius 3 is 2.68 bits per heavy atom. The molecule has 2 aliphatic heterocycles. The molecule has 2 aliphatic rings. The largest absolute Gasteiger partial charge is 0.352 e. The molecule has 2 aromatic carbocycles. The van der Waals surface area contributed by atoms with Gasteiger partial charge in [0.05, 0.1) is 10.6 Å². The number of rotatable bonds is 8. The van der Waals surface area contributed by atoms with Crippen molar-refractivity contribution in [2.75, 3.05) is 31.1 Å². The summed E-state index contributed by atoms with van der Waals surface area (Å²) in [7, 11) is 0. The van der Waals surface area contributed by atoms with Gasteiger partial charge in [-0.1, -0.05) is 49.4 Å². The van der Waals surface area contributed by atoms with Gasteiger partial charge in [0.2, 0.25) is 0 Å². The fourth-order valence-corrected chi connectivity index (χ4v) is 5.92. The number of carbonyl (C=O) groups is 2. The van der Waals surface area contributed by atoms with Crippen molar-refractivity contribution in [1.29, 1.82) is 0 Å². The summed E-state index contributed by atoms with van der Waals surface area (Å²) in [4.78, 5) is 31.7. The van der Waals surface area contributed by atoms with Crippen LogP contribution in [-0.4, -0.2) is 48.9 Å². The van der Waals surface area contributed by atoms with Crippen molar-refractivity contribution < 1.29 is 9.59 Å². The average Bonchev–Trinajstić information content (AvgIpc) is 2.87. The molecule has 0 spiro atoms. The van der Waals surface area contributed by atoms with Crippen LogP contribution in [0.5, 0.6) is 0 Å². The number of thioether (sulfide) groups is 1. The molecule has 0 bridgehead atoms. The van der Waals surface area contributed by atoms with Crippen LogP contribution < -0.4 is 10.2 Å². The molecule has 0 aromatic heterocycles. The van der Waals surface area contributed by atoms with Crippen molar-refractivity contribution in [3.8, 4) is 0 Å². The van der Waals surface area contributed by atoms with E-state index in [1.54, 1.807) is 0 Å². The summed E-state index contributed by atoms with van der Waals surface area (Å²) in [5.74, 6) is -0.0221. The second kappa shape index (κ2) is 11.7. The number of fused-ring (bicyclic) bond motifs is 1. The van der Waals surface area contributed by atoms with Gasteiger partial charge in [-0.25, -0.2) is 0 Å². The lowest BCUT2D eigenvalue weighted by Crippen LogP contribution is -2.40. The maximum Gasteiger partial charge on any atom is 0.265 e. The van der Waals surface area contributed by atoms with Crippen LogP contribution in [0.25, 0.3) is 6.08 Å². The first-order valence-corrected chi connectivity index (χ1v) is 13.3. The number of piperidine rings is 1. The summed E-state index contributed by atoms with van der Waals surface area (Å²) in [5.41, 5.74) is 2.53. The van der Waals surface area contributed by atoms with Gasteiger partial charge < -0.3 is 15.1 Å². The zero-order valence-electron chi connectivity index (χ0n) is 20.3. The van der Waals surface area contributed by atoms with E-state index in [2.05, 4.69) is 17.1 Å². The summed E-state index contributed by atoms with van der Waals surface area (Å²) >= 11 is 1.50. The Labute approximate surface area is 207 Å². The number of para-hydroxylation sites is 1. The smallest absolute Gasteiger partial charge is 0.265 e. The van der Waals surface area contributed by atoms with Gasteiger partial charge in [-0.2, -0.15) is 0 Å². The van der Waals surface area contributed by atoms with E-state index in [1.165, 1.54) is 44.0 Å². The number of anilines is 1. The van der Waals surface area contributed by atoms with E-state index >= 15 is 0 Å². The van der Waals surface area contributed by atoms with Crippen LogP contribution in [0, 0.1) is 0 Å². The van der Waals surface area contributed by atoms with Crippen molar-refractivity contribution >= 4 is 35.3 Å². The lowest BCUT2D eigenvalue weighted by molar-refractivity contribution is -0.114. The Kier molecular flexibility index (Phi) is 8.46. The average molecular weight is 478 g/mol. The van der Waals surface area contributed by atoms with Crippen molar-refractivity contribution in [1.82, 2.24) is 10.2 Å². The first-order valence-electron chi connectivity index (χ1n) is 12.5. The van der Waals surface area contributed by atoms with Crippen LogP contribution in [0.3, 0.4) is 0 Å². The first-order chi connectivity index (χ1) is 16.6. The highest BCUT2D eigenvalue weighted by Gasteiger charge is 2.27. The Morgan fingerprint density at radius 2 is 1.91 bits per heavy atom. The van der Waals surface area contributed by atoms with E-state index in [0.29, 0.717) is 29.6 Å². The molecule has 2 heterocycles. The van der Waals surface area contributed by atoms with E-state index in [-0.39, 0.29) is 11.8 Å². The predicted molar refractivity (Wildman–Crippen MR) is 141 cm³/mol. The summed E-state index contributed by atoms with van der Waals surface area (Å²) < 4.78 is 0. The van der Waals surface area contributed by atoms with Crippen molar-refractivity contribution in [3.63, 3.8) is 0 Å². The highest BCUT2D eigenvalue weighted by atomic mass is 32.2. The molecule has 2 aromatic rings. The predicted octanol–water partition coefficient (Wildman–Crippen LogP) is 5.57. The molecular formula is C28H35N3O2S. The van der Waals surface area contributed by atoms with E-state index in [9.17, 15) is 9.59 Å².